The standard InChI is InChI=1S/C17H34N2/c1-4-19-11-9-15(10-12-19)13-18-17-7-5-16(6-8-17)14(2)3/h14-18H,4-13H2,1-3H3. The summed E-state index contributed by atoms with van der Waals surface area (Å²) in [6.45, 7) is 12.2. The topological polar surface area (TPSA) is 15.3 Å². The highest BCUT2D eigenvalue weighted by atomic mass is 15.1. The lowest BCUT2D eigenvalue weighted by Gasteiger charge is -2.34. The monoisotopic (exact) mass is 266 g/mol. The maximum absolute atomic E-state index is 3.87. The molecule has 2 fully saturated rings. The molecule has 0 atom stereocenters. The fourth-order valence-electron chi connectivity index (χ4n) is 3.83. The average Bonchev–Trinajstić information content (AvgIpc) is 2.46. The van der Waals surface area contributed by atoms with Crippen LogP contribution >= 0.6 is 0 Å². The van der Waals surface area contributed by atoms with Crippen LogP contribution in [0.2, 0.25) is 0 Å². The quantitative estimate of drug-likeness (QED) is 0.819. The molecule has 1 saturated heterocycles. The summed E-state index contributed by atoms with van der Waals surface area (Å²) in [5.74, 6) is 2.82. The average molecular weight is 266 g/mol. The first-order valence-corrected chi connectivity index (χ1v) is 8.64. The molecule has 0 aromatic carbocycles. The summed E-state index contributed by atoms with van der Waals surface area (Å²) < 4.78 is 0. The van der Waals surface area contributed by atoms with E-state index in [2.05, 4.69) is 31.0 Å². The van der Waals surface area contributed by atoms with Crippen LogP contribution in [0.1, 0.15) is 59.3 Å². The van der Waals surface area contributed by atoms with Gasteiger partial charge in [-0.2, -0.15) is 0 Å². The van der Waals surface area contributed by atoms with Gasteiger partial charge >= 0.3 is 0 Å². The Kier molecular flexibility index (Phi) is 6.15. The SMILES string of the molecule is CCN1CCC(CNC2CCC(C(C)C)CC2)CC1. The van der Waals surface area contributed by atoms with E-state index < -0.39 is 0 Å². The highest BCUT2D eigenvalue weighted by molar-refractivity contribution is 4.80. The van der Waals surface area contributed by atoms with Crippen molar-refractivity contribution in [1.29, 1.82) is 0 Å². The molecule has 2 rings (SSSR count). The molecule has 1 saturated carbocycles. The van der Waals surface area contributed by atoms with Crippen LogP contribution in [0.15, 0.2) is 0 Å². The van der Waals surface area contributed by atoms with Gasteiger partial charge in [0.2, 0.25) is 0 Å². The van der Waals surface area contributed by atoms with E-state index in [1.165, 1.54) is 64.7 Å². The van der Waals surface area contributed by atoms with Crippen molar-refractivity contribution in [3.05, 3.63) is 0 Å². The fourth-order valence-corrected chi connectivity index (χ4v) is 3.83. The van der Waals surface area contributed by atoms with Crippen LogP contribution in [-0.4, -0.2) is 37.1 Å². The first-order valence-electron chi connectivity index (χ1n) is 8.64. The molecule has 19 heavy (non-hydrogen) atoms. The Morgan fingerprint density at radius 3 is 2.16 bits per heavy atom. The first kappa shape index (κ1) is 15.3. The van der Waals surface area contributed by atoms with E-state index in [0.717, 1.165) is 23.8 Å². The summed E-state index contributed by atoms with van der Waals surface area (Å²) >= 11 is 0. The highest BCUT2D eigenvalue weighted by Gasteiger charge is 2.24. The molecule has 0 aromatic rings. The Hall–Kier alpha value is -0.0800. The largest absolute Gasteiger partial charge is 0.314 e. The van der Waals surface area contributed by atoms with Crippen LogP contribution in [0.4, 0.5) is 0 Å². The summed E-state index contributed by atoms with van der Waals surface area (Å²) in [7, 11) is 0. The van der Waals surface area contributed by atoms with E-state index in [1.807, 2.05) is 0 Å². The molecule has 1 aliphatic carbocycles. The summed E-state index contributed by atoms with van der Waals surface area (Å²) in [6, 6.07) is 0.819. The van der Waals surface area contributed by atoms with Crippen LogP contribution in [0.3, 0.4) is 0 Å². The lowest BCUT2D eigenvalue weighted by atomic mass is 9.79. The minimum atomic E-state index is 0.819. The predicted octanol–water partition coefficient (Wildman–Crippen LogP) is 3.52. The van der Waals surface area contributed by atoms with Gasteiger partial charge in [-0.1, -0.05) is 20.8 Å². The molecule has 1 aliphatic heterocycles. The van der Waals surface area contributed by atoms with Gasteiger partial charge in [0, 0.05) is 6.04 Å². The number of nitrogens with one attached hydrogen (secondary N) is 1. The van der Waals surface area contributed by atoms with Gasteiger partial charge in [0.05, 0.1) is 0 Å². The third-order valence-corrected chi connectivity index (χ3v) is 5.56. The maximum Gasteiger partial charge on any atom is 0.00673 e. The van der Waals surface area contributed by atoms with E-state index in [9.17, 15) is 0 Å². The van der Waals surface area contributed by atoms with Crippen LogP contribution in [0.5, 0.6) is 0 Å². The Labute approximate surface area is 120 Å². The van der Waals surface area contributed by atoms with Crippen molar-refractivity contribution in [3.8, 4) is 0 Å². The lowest BCUT2D eigenvalue weighted by Crippen LogP contribution is -2.41. The van der Waals surface area contributed by atoms with Gasteiger partial charge in [0.15, 0.2) is 0 Å². The zero-order valence-electron chi connectivity index (χ0n) is 13.3. The minimum absolute atomic E-state index is 0.819. The number of likely N-dealkylation sites (tertiary alicyclic amines) is 1. The number of piperidine rings is 1. The lowest BCUT2D eigenvalue weighted by molar-refractivity contribution is 0.179. The van der Waals surface area contributed by atoms with Crippen molar-refractivity contribution in [1.82, 2.24) is 10.2 Å². The van der Waals surface area contributed by atoms with Gasteiger partial charge in [-0.25, -0.2) is 0 Å². The van der Waals surface area contributed by atoms with Crippen molar-refractivity contribution in [3.63, 3.8) is 0 Å². The molecular formula is C17H34N2. The van der Waals surface area contributed by atoms with Crippen LogP contribution in [-0.2, 0) is 0 Å². The zero-order valence-corrected chi connectivity index (χ0v) is 13.3. The highest BCUT2D eigenvalue weighted by Crippen LogP contribution is 2.30. The Morgan fingerprint density at radius 2 is 1.63 bits per heavy atom. The second-order valence-corrected chi connectivity index (χ2v) is 7.14. The Morgan fingerprint density at radius 1 is 1.00 bits per heavy atom. The van der Waals surface area contributed by atoms with Crippen LogP contribution in [0, 0.1) is 17.8 Å². The van der Waals surface area contributed by atoms with E-state index in [1.54, 1.807) is 0 Å². The summed E-state index contributed by atoms with van der Waals surface area (Å²) in [5, 5.41) is 3.87. The molecule has 1 N–H and O–H groups in total. The summed E-state index contributed by atoms with van der Waals surface area (Å²) in [6.07, 6.45) is 8.53. The smallest absolute Gasteiger partial charge is 0.00673 e. The molecule has 0 amide bonds. The van der Waals surface area contributed by atoms with Crippen molar-refractivity contribution in [2.75, 3.05) is 26.2 Å². The molecule has 0 spiro atoms. The Balaban J connectivity index is 1.59. The van der Waals surface area contributed by atoms with E-state index in [-0.39, 0.29) is 0 Å². The molecule has 2 aliphatic rings. The third-order valence-electron chi connectivity index (χ3n) is 5.56. The van der Waals surface area contributed by atoms with E-state index in [4.69, 9.17) is 0 Å². The second kappa shape index (κ2) is 7.64. The van der Waals surface area contributed by atoms with Gasteiger partial charge in [-0.05, 0) is 82.5 Å². The van der Waals surface area contributed by atoms with E-state index in [0.29, 0.717) is 0 Å². The van der Waals surface area contributed by atoms with Gasteiger partial charge in [0.25, 0.3) is 0 Å². The van der Waals surface area contributed by atoms with Gasteiger partial charge < -0.3 is 10.2 Å². The second-order valence-electron chi connectivity index (χ2n) is 7.14. The molecule has 112 valence electrons. The van der Waals surface area contributed by atoms with Crippen molar-refractivity contribution >= 4 is 0 Å². The number of hydrogen-bond acceptors (Lipinski definition) is 2. The molecular weight excluding hydrogens is 232 g/mol. The normalized spacial score (nSPS) is 30.9. The van der Waals surface area contributed by atoms with Gasteiger partial charge in [0.1, 0.15) is 0 Å². The molecule has 0 radical (unpaired) electrons. The summed E-state index contributed by atoms with van der Waals surface area (Å²) in [4.78, 5) is 2.59. The molecule has 0 unspecified atom stereocenters. The van der Waals surface area contributed by atoms with Gasteiger partial charge in [-0.15, -0.1) is 0 Å². The fraction of sp³-hybridized carbons (Fsp3) is 1.00. The number of rotatable bonds is 5. The van der Waals surface area contributed by atoms with Crippen molar-refractivity contribution in [2.45, 2.75) is 65.3 Å². The number of nitrogens with zero attached hydrogens (tertiary/aromatic N) is 1. The van der Waals surface area contributed by atoms with Crippen molar-refractivity contribution in [2.24, 2.45) is 17.8 Å². The predicted molar refractivity (Wildman–Crippen MR) is 83.4 cm³/mol. The molecule has 0 aromatic heterocycles. The summed E-state index contributed by atoms with van der Waals surface area (Å²) in [5.41, 5.74) is 0. The maximum atomic E-state index is 3.87. The van der Waals surface area contributed by atoms with Gasteiger partial charge in [-0.3, -0.25) is 0 Å². The first-order chi connectivity index (χ1) is 9.19. The molecule has 2 heteroatoms. The van der Waals surface area contributed by atoms with Crippen LogP contribution < -0.4 is 5.32 Å². The van der Waals surface area contributed by atoms with Crippen LogP contribution in [0.25, 0.3) is 0 Å². The van der Waals surface area contributed by atoms with E-state index >= 15 is 0 Å². The number of hydrogen-bond donors (Lipinski definition) is 1. The molecule has 2 nitrogen and oxygen atoms in total. The molecule has 1 heterocycles. The van der Waals surface area contributed by atoms with Crippen molar-refractivity contribution < 1.29 is 0 Å². The third kappa shape index (κ3) is 4.75. The molecule has 0 bridgehead atoms. The minimum Gasteiger partial charge on any atom is -0.314 e. The zero-order chi connectivity index (χ0) is 13.7. The Bertz CT molecular complexity index is 236.